The van der Waals surface area contributed by atoms with Crippen molar-refractivity contribution in [2.45, 2.75) is 44.8 Å². The van der Waals surface area contributed by atoms with Crippen LogP contribution < -0.4 is 5.73 Å². The van der Waals surface area contributed by atoms with Gasteiger partial charge in [0.2, 0.25) is 0 Å². The quantitative estimate of drug-likeness (QED) is 0.646. The summed E-state index contributed by atoms with van der Waals surface area (Å²) in [6.45, 7) is 5.32. The van der Waals surface area contributed by atoms with E-state index in [2.05, 4.69) is 13.8 Å². The summed E-state index contributed by atoms with van der Waals surface area (Å²) in [5.74, 6) is 1.59. The number of ether oxygens (including phenoxy) is 1. The molecule has 12 heavy (non-hydrogen) atoms. The van der Waals surface area contributed by atoms with Crippen LogP contribution in [-0.2, 0) is 4.74 Å². The van der Waals surface area contributed by atoms with E-state index in [9.17, 15) is 0 Å². The number of rotatable bonds is 1. The fourth-order valence-electron chi connectivity index (χ4n) is 2.77. The van der Waals surface area contributed by atoms with Gasteiger partial charge in [0.05, 0.1) is 11.7 Å². The monoisotopic (exact) mass is 169 g/mol. The number of hydrogen-bond acceptors (Lipinski definition) is 2. The van der Waals surface area contributed by atoms with Crippen LogP contribution in [0, 0.1) is 11.8 Å². The van der Waals surface area contributed by atoms with Gasteiger partial charge in [0, 0.05) is 6.54 Å². The summed E-state index contributed by atoms with van der Waals surface area (Å²) in [4.78, 5) is 0. The zero-order valence-electron chi connectivity index (χ0n) is 8.05. The van der Waals surface area contributed by atoms with Crippen LogP contribution in [0.5, 0.6) is 0 Å². The second-order valence-corrected chi connectivity index (χ2v) is 4.55. The highest BCUT2D eigenvalue weighted by Crippen LogP contribution is 2.52. The molecular weight excluding hydrogens is 150 g/mol. The van der Waals surface area contributed by atoms with E-state index in [4.69, 9.17) is 10.5 Å². The van der Waals surface area contributed by atoms with Crippen molar-refractivity contribution in [3.8, 4) is 0 Å². The maximum absolute atomic E-state index is 5.99. The highest BCUT2D eigenvalue weighted by atomic mass is 16.5. The Morgan fingerprint density at radius 3 is 2.67 bits per heavy atom. The molecule has 2 heteroatoms. The maximum Gasteiger partial charge on any atom is 0.0718 e. The first kappa shape index (κ1) is 8.52. The first-order chi connectivity index (χ1) is 5.68. The minimum atomic E-state index is 0.240. The highest BCUT2D eigenvalue weighted by molar-refractivity contribution is 5.03. The van der Waals surface area contributed by atoms with Crippen molar-refractivity contribution >= 4 is 0 Å². The second kappa shape index (κ2) is 2.71. The maximum atomic E-state index is 5.99. The summed E-state index contributed by atoms with van der Waals surface area (Å²) >= 11 is 0. The van der Waals surface area contributed by atoms with E-state index in [0.29, 0.717) is 12.6 Å². The summed E-state index contributed by atoms with van der Waals surface area (Å²) < 4.78 is 5.99. The second-order valence-electron chi connectivity index (χ2n) is 4.55. The molecule has 2 N–H and O–H groups in total. The predicted octanol–water partition coefficient (Wildman–Crippen LogP) is 1.54. The van der Waals surface area contributed by atoms with Gasteiger partial charge >= 0.3 is 0 Å². The lowest BCUT2D eigenvalue weighted by molar-refractivity contribution is -0.157. The molecule has 1 spiro atoms. The van der Waals surface area contributed by atoms with Gasteiger partial charge in [-0.3, -0.25) is 0 Å². The van der Waals surface area contributed by atoms with E-state index >= 15 is 0 Å². The minimum absolute atomic E-state index is 0.240. The van der Waals surface area contributed by atoms with Crippen LogP contribution >= 0.6 is 0 Å². The van der Waals surface area contributed by atoms with E-state index < -0.39 is 0 Å². The van der Waals surface area contributed by atoms with Crippen LogP contribution in [0.4, 0.5) is 0 Å². The van der Waals surface area contributed by atoms with Gasteiger partial charge in [-0.15, -0.1) is 0 Å². The third kappa shape index (κ3) is 1.01. The Balaban J connectivity index is 1.98. The molecule has 1 saturated heterocycles. The topological polar surface area (TPSA) is 35.2 Å². The van der Waals surface area contributed by atoms with Crippen LogP contribution in [0.2, 0.25) is 0 Å². The molecule has 2 nitrogen and oxygen atoms in total. The van der Waals surface area contributed by atoms with Crippen LogP contribution in [0.3, 0.4) is 0 Å². The molecule has 1 aliphatic heterocycles. The Morgan fingerprint density at radius 1 is 1.50 bits per heavy atom. The molecule has 1 saturated carbocycles. The molecule has 4 atom stereocenters. The number of nitrogens with two attached hydrogens (primary N) is 1. The fourth-order valence-corrected chi connectivity index (χ4v) is 2.77. The van der Waals surface area contributed by atoms with Gasteiger partial charge in [-0.1, -0.05) is 13.8 Å². The summed E-state index contributed by atoms with van der Waals surface area (Å²) in [7, 11) is 0. The van der Waals surface area contributed by atoms with Crippen molar-refractivity contribution in [2.24, 2.45) is 17.6 Å². The Hall–Kier alpha value is -0.0800. The molecule has 0 aromatic heterocycles. The van der Waals surface area contributed by atoms with Crippen molar-refractivity contribution in [2.75, 3.05) is 6.54 Å². The number of hydrogen-bond donors (Lipinski definition) is 1. The molecule has 0 aromatic carbocycles. The molecule has 0 aromatic rings. The largest absolute Gasteiger partial charge is 0.370 e. The van der Waals surface area contributed by atoms with Gasteiger partial charge in [-0.25, -0.2) is 0 Å². The van der Waals surface area contributed by atoms with Crippen LogP contribution in [0.25, 0.3) is 0 Å². The van der Waals surface area contributed by atoms with Crippen LogP contribution in [-0.4, -0.2) is 18.2 Å². The van der Waals surface area contributed by atoms with E-state index in [1.54, 1.807) is 0 Å². The molecule has 1 aliphatic carbocycles. The Morgan fingerprint density at radius 2 is 2.25 bits per heavy atom. The zero-order chi connectivity index (χ0) is 8.77. The molecule has 70 valence electrons. The van der Waals surface area contributed by atoms with Crippen molar-refractivity contribution in [1.29, 1.82) is 0 Å². The third-order valence-corrected chi connectivity index (χ3v) is 3.90. The molecule has 0 bridgehead atoms. The van der Waals surface area contributed by atoms with Crippen molar-refractivity contribution in [1.82, 2.24) is 0 Å². The van der Waals surface area contributed by atoms with Gasteiger partial charge in [-0.05, 0) is 31.1 Å². The summed E-state index contributed by atoms with van der Waals surface area (Å²) in [6, 6.07) is 0. The van der Waals surface area contributed by atoms with E-state index in [1.165, 1.54) is 19.3 Å². The summed E-state index contributed by atoms with van der Waals surface area (Å²) in [5, 5.41) is 0. The average molecular weight is 169 g/mol. The van der Waals surface area contributed by atoms with Gasteiger partial charge in [0.15, 0.2) is 0 Å². The van der Waals surface area contributed by atoms with E-state index in [0.717, 1.165) is 11.8 Å². The van der Waals surface area contributed by atoms with Crippen LogP contribution in [0.1, 0.15) is 33.1 Å². The molecule has 1 heterocycles. The minimum Gasteiger partial charge on any atom is -0.370 e. The summed E-state index contributed by atoms with van der Waals surface area (Å²) in [5.41, 5.74) is 5.83. The lowest BCUT2D eigenvalue weighted by atomic mass is 9.62. The Kier molecular flexibility index (Phi) is 1.92. The van der Waals surface area contributed by atoms with Crippen LogP contribution in [0.15, 0.2) is 0 Å². The molecule has 2 rings (SSSR count). The molecular formula is C10H19NO. The first-order valence-corrected chi connectivity index (χ1v) is 5.06. The van der Waals surface area contributed by atoms with Gasteiger partial charge in [-0.2, -0.15) is 0 Å². The predicted molar refractivity (Wildman–Crippen MR) is 48.8 cm³/mol. The standard InChI is InChI=1S/C10H19NO/c1-7-5-10(8(7)2)4-3-9(6-11)12-10/h7-9H,3-6,11H2,1-2H3. The van der Waals surface area contributed by atoms with Gasteiger partial charge < -0.3 is 10.5 Å². The van der Waals surface area contributed by atoms with Crippen molar-refractivity contribution in [3.05, 3.63) is 0 Å². The Bertz CT molecular complexity index is 183. The Labute approximate surface area is 74.5 Å². The van der Waals surface area contributed by atoms with Gasteiger partial charge in [0.1, 0.15) is 0 Å². The molecule has 2 fully saturated rings. The molecule has 0 radical (unpaired) electrons. The van der Waals surface area contributed by atoms with E-state index in [-0.39, 0.29) is 5.60 Å². The van der Waals surface area contributed by atoms with E-state index in [1.807, 2.05) is 0 Å². The third-order valence-electron chi connectivity index (χ3n) is 3.90. The van der Waals surface area contributed by atoms with Gasteiger partial charge in [0.25, 0.3) is 0 Å². The van der Waals surface area contributed by atoms with Crippen molar-refractivity contribution < 1.29 is 4.74 Å². The highest BCUT2D eigenvalue weighted by Gasteiger charge is 2.53. The SMILES string of the molecule is CC1CC2(CCC(CN)O2)C1C. The normalized spacial score (nSPS) is 52.8. The first-order valence-electron chi connectivity index (χ1n) is 5.06. The lowest BCUT2D eigenvalue weighted by Crippen LogP contribution is -2.51. The van der Waals surface area contributed by atoms with Crippen molar-refractivity contribution in [3.63, 3.8) is 0 Å². The average Bonchev–Trinajstić information content (AvgIpc) is 2.51. The summed E-state index contributed by atoms with van der Waals surface area (Å²) in [6.07, 6.45) is 4.01. The zero-order valence-corrected chi connectivity index (χ0v) is 8.05. The lowest BCUT2D eigenvalue weighted by Gasteiger charge is -2.50. The fraction of sp³-hybridized carbons (Fsp3) is 1.00. The molecule has 2 aliphatic rings. The molecule has 4 unspecified atom stereocenters. The molecule has 0 amide bonds. The smallest absolute Gasteiger partial charge is 0.0718 e.